The van der Waals surface area contributed by atoms with E-state index in [9.17, 15) is 9.90 Å². The second-order valence-electron chi connectivity index (χ2n) is 9.17. The number of rotatable bonds is 3. The predicted molar refractivity (Wildman–Crippen MR) is 101 cm³/mol. The van der Waals surface area contributed by atoms with Crippen LogP contribution in [0.15, 0.2) is 18.2 Å². The molecule has 1 aliphatic rings. The van der Waals surface area contributed by atoms with Crippen LogP contribution in [0.25, 0.3) is 0 Å². The third-order valence-corrected chi connectivity index (χ3v) is 5.89. The summed E-state index contributed by atoms with van der Waals surface area (Å²) in [6.45, 7) is 13.1. The molecule has 1 N–H and O–H groups in total. The Bertz CT molecular complexity index is 645. The van der Waals surface area contributed by atoms with Crippen LogP contribution < -0.4 is 0 Å². The minimum Gasteiger partial charge on any atom is -0.508 e. The van der Waals surface area contributed by atoms with Crippen LogP contribution in [0.2, 0.25) is 0 Å². The van der Waals surface area contributed by atoms with Crippen molar-refractivity contribution in [3.63, 3.8) is 0 Å². The molecule has 0 heterocycles. The van der Waals surface area contributed by atoms with Crippen molar-refractivity contribution in [2.45, 2.75) is 71.8 Å². The SMILES string of the molecule is CN(CC[C@@]1(C)c2cccc(O)c2CCC1(C)C)C(=O)OC(C)(C)C. The lowest BCUT2D eigenvalue weighted by atomic mass is 9.55. The van der Waals surface area contributed by atoms with Gasteiger partial charge in [-0.2, -0.15) is 0 Å². The average Bonchev–Trinajstić information content (AvgIpc) is 2.48. The van der Waals surface area contributed by atoms with Gasteiger partial charge in [-0.1, -0.05) is 32.9 Å². The Morgan fingerprint density at radius 2 is 1.92 bits per heavy atom. The maximum absolute atomic E-state index is 12.3. The normalized spacial score (nSPS) is 22.2. The molecule has 0 fully saturated rings. The molecule has 0 bridgehead atoms. The highest BCUT2D eigenvalue weighted by molar-refractivity contribution is 5.67. The minimum absolute atomic E-state index is 0.0859. The molecule has 0 spiro atoms. The zero-order chi connectivity index (χ0) is 19.0. The molecule has 0 saturated heterocycles. The quantitative estimate of drug-likeness (QED) is 0.848. The van der Waals surface area contributed by atoms with E-state index >= 15 is 0 Å². The van der Waals surface area contributed by atoms with Crippen molar-refractivity contribution in [3.8, 4) is 5.75 Å². The zero-order valence-electron chi connectivity index (χ0n) is 16.8. The fourth-order valence-corrected chi connectivity index (χ4v) is 3.73. The molecule has 2 rings (SSSR count). The molecule has 0 saturated carbocycles. The van der Waals surface area contributed by atoms with Gasteiger partial charge in [0.1, 0.15) is 11.4 Å². The summed E-state index contributed by atoms with van der Waals surface area (Å²) in [6.07, 6.45) is 2.45. The second-order valence-corrected chi connectivity index (χ2v) is 9.17. The average molecular weight is 347 g/mol. The number of fused-ring (bicyclic) bond motifs is 1. The van der Waals surface area contributed by atoms with Crippen LogP contribution in [0.3, 0.4) is 0 Å². The molecule has 25 heavy (non-hydrogen) atoms. The van der Waals surface area contributed by atoms with E-state index in [4.69, 9.17) is 4.74 Å². The van der Waals surface area contributed by atoms with Crippen molar-refractivity contribution in [1.82, 2.24) is 4.90 Å². The number of phenolic OH excluding ortho intramolecular Hbond substituents is 1. The van der Waals surface area contributed by atoms with E-state index in [-0.39, 0.29) is 16.9 Å². The Morgan fingerprint density at radius 1 is 1.28 bits per heavy atom. The summed E-state index contributed by atoms with van der Waals surface area (Å²) in [6, 6.07) is 5.82. The minimum atomic E-state index is -0.488. The Labute approximate surface area is 152 Å². The number of benzene rings is 1. The van der Waals surface area contributed by atoms with Gasteiger partial charge in [-0.25, -0.2) is 4.79 Å². The fourth-order valence-electron chi connectivity index (χ4n) is 3.73. The molecule has 1 atom stereocenters. The van der Waals surface area contributed by atoms with E-state index < -0.39 is 5.60 Å². The maximum Gasteiger partial charge on any atom is 0.410 e. The van der Waals surface area contributed by atoms with Gasteiger partial charge < -0.3 is 14.7 Å². The molecule has 4 nitrogen and oxygen atoms in total. The van der Waals surface area contributed by atoms with Gasteiger partial charge in [-0.3, -0.25) is 0 Å². The first kappa shape index (κ1) is 19.6. The Morgan fingerprint density at radius 3 is 2.52 bits per heavy atom. The van der Waals surface area contributed by atoms with Crippen LogP contribution in [-0.4, -0.2) is 35.3 Å². The molecule has 1 aromatic carbocycles. The number of amides is 1. The second kappa shape index (κ2) is 6.54. The summed E-state index contributed by atoms with van der Waals surface area (Å²) in [5.41, 5.74) is 1.75. The summed E-state index contributed by atoms with van der Waals surface area (Å²) in [7, 11) is 1.79. The molecule has 1 aromatic rings. The van der Waals surface area contributed by atoms with Gasteiger partial charge >= 0.3 is 6.09 Å². The van der Waals surface area contributed by atoms with Gasteiger partial charge in [0.15, 0.2) is 0 Å². The van der Waals surface area contributed by atoms with Crippen LogP contribution in [0.5, 0.6) is 5.75 Å². The number of nitrogens with zero attached hydrogens (tertiary/aromatic N) is 1. The molecule has 1 amide bonds. The van der Waals surface area contributed by atoms with E-state index in [1.807, 2.05) is 26.8 Å². The lowest BCUT2D eigenvalue weighted by Gasteiger charge is -2.50. The first-order valence-electron chi connectivity index (χ1n) is 9.13. The first-order valence-corrected chi connectivity index (χ1v) is 9.13. The van der Waals surface area contributed by atoms with E-state index in [0.717, 1.165) is 24.8 Å². The molecule has 4 heteroatoms. The number of carbonyl (C=O) groups excluding carboxylic acids is 1. The maximum atomic E-state index is 12.3. The van der Waals surface area contributed by atoms with E-state index in [2.05, 4.69) is 26.8 Å². The van der Waals surface area contributed by atoms with Gasteiger partial charge in [0.05, 0.1) is 0 Å². The smallest absolute Gasteiger partial charge is 0.410 e. The third-order valence-electron chi connectivity index (χ3n) is 5.89. The zero-order valence-corrected chi connectivity index (χ0v) is 16.8. The molecule has 0 unspecified atom stereocenters. The van der Waals surface area contributed by atoms with Crippen LogP contribution >= 0.6 is 0 Å². The molecular formula is C21H33NO3. The van der Waals surface area contributed by atoms with Crippen LogP contribution in [0.4, 0.5) is 4.79 Å². The van der Waals surface area contributed by atoms with Gasteiger partial charge in [-0.15, -0.1) is 0 Å². The number of hydrogen-bond acceptors (Lipinski definition) is 3. The summed E-state index contributed by atoms with van der Waals surface area (Å²) >= 11 is 0. The number of aromatic hydroxyl groups is 1. The molecule has 1 aliphatic carbocycles. The van der Waals surface area contributed by atoms with Crippen LogP contribution in [0.1, 0.15) is 65.5 Å². The molecule has 0 aliphatic heterocycles. The van der Waals surface area contributed by atoms with Crippen molar-refractivity contribution >= 4 is 6.09 Å². The highest BCUT2D eigenvalue weighted by Crippen LogP contribution is 2.53. The highest BCUT2D eigenvalue weighted by Gasteiger charge is 2.46. The van der Waals surface area contributed by atoms with E-state index in [0.29, 0.717) is 12.3 Å². The van der Waals surface area contributed by atoms with Crippen molar-refractivity contribution in [3.05, 3.63) is 29.3 Å². The monoisotopic (exact) mass is 347 g/mol. The highest BCUT2D eigenvalue weighted by atomic mass is 16.6. The van der Waals surface area contributed by atoms with Gasteiger partial charge in [0.25, 0.3) is 0 Å². The van der Waals surface area contributed by atoms with E-state index in [1.165, 1.54) is 5.56 Å². The fraction of sp³-hybridized carbons (Fsp3) is 0.667. The van der Waals surface area contributed by atoms with Crippen LogP contribution in [0, 0.1) is 5.41 Å². The summed E-state index contributed by atoms with van der Waals surface area (Å²) in [5, 5.41) is 10.3. The lowest BCUT2D eigenvalue weighted by Crippen LogP contribution is -2.46. The molecule has 140 valence electrons. The van der Waals surface area contributed by atoms with E-state index in [1.54, 1.807) is 18.0 Å². The summed E-state index contributed by atoms with van der Waals surface area (Å²) in [5.74, 6) is 0.389. The number of hydrogen-bond donors (Lipinski definition) is 1. The lowest BCUT2D eigenvalue weighted by molar-refractivity contribution is 0.0262. The Kier molecular flexibility index (Phi) is 5.13. The van der Waals surface area contributed by atoms with Gasteiger partial charge in [-0.05, 0) is 68.1 Å². The standard InChI is InChI=1S/C21H33NO3/c1-19(2,3)25-18(24)22(7)14-13-21(6)16-9-8-10-17(23)15(16)11-12-20(21,4)5/h8-10,23H,11-14H2,1-7H3/t21-/m0/s1. The summed E-state index contributed by atoms with van der Waals surface area (Å²) < 4.78 is 5.46. The first-order chi connectivity index (χ1) is 11.4. The Balaban J connectivity index is 2.22. The van der Waals surface area contributed by atoms with Crippen molar-refractivity contribution in [2.24, 2.45) is 5.41 Å². The number of phenols is 1. The van der Waals surface area contributed by atoms with Gasteiger partial charge in [0, 0.05) is 13.6 Å². The number of carbonyl (C=O) groups is 1. The molecule has 0 aromatic heterocycles. The largest absolute Gasteiger partial charge is 0.508 e. The van der Waals surface area contributed by atoms with Crippen molar-refractivity contribution in [2.75, 3.05) is 13.6 Å². The predicted octanol–water partition coefficient (Wildman–Crippen LogP) is 4.88. The molecule has 0 radical (unpaired) electrons. The topological polar surface area (TPSA) is 49.8 Å². The van der Waals surface area contributed by atoms with Crippen molar-refractivity contribution < 1.29 is 14.6 Å². The Hall–Kier alpha value is -1.71. The third kappa shape index (κ3) is 3.94. The van der Waals surface area contributed by atoms with Crippen molar-refractivity contribution in [1.29, 1.82) is 0 Å². The molecular weight excluding hydrogens is 314 g/mol. The number of ether oxygens (including phenoxy) is 1. The van der Waals surface area contributed by atoms with Gasteiger partial charge in [0.2, 0.25) is 0 Å². The summed E-state index contributed by atoms with van der Waals surface area (Å²) in [4.78, 5) is 13.9. The van der Waals surface area contributed by atoms with Crippen LogP contribution in [-0.2, 0) is 16.6 Å².